The van der Waals surface area contributed by atoms with Gasteiger partial charge in [-0.15, -0.1) is 12.4 Å². The molecule has 0 saturated heterocycles. The van der Waals surface area contributed by atoms with Crippen LogP contribution in [0.15, 0.2) is 59.7 Å². The molecule has 0 fully saturated rings. The van der Waals surface area contributed by atoms with E-state index in [0.717, 1.165) is 23.5 Å². The van der Waals surface area contributed by atoms with Crippen molar-refractivity contribution in [1.82, 2.24) is 4.90 Å². The molecule has 0 radical (unpaired) electrons. The van der Waals surface area contributed by atoms with Crippen LogP contribution in [0.25, 0.3) is 0 Å². The van der Waals surface area contributed by atoms with E-state index in [1.54, 1.807) is 12.1 Å². The highest BCUT2D eigenvalue weighted by molar-refractivity contribution is 6.01. The highest BCUT2D eigenvalue weighted by Crippen LogP contribution is 2.16. The van der Waals surface area contributed by atoms with Crippen LogP contribution in [0, 0.1) is 10.1 Å². The second-order valence-corrected chi connectivity index (χ2v) is 5.40. The van der Waals surface area contributed by atoms with Crippen LogP contribution >= 0.6 is 12.4 Å². The first-order valence-electron chi connectivity index (χ1n) is 7.33. The van der Waals surface area contributed by atoms with E-state index in [9.17, 15) is 10.1 Å². The maximum Gasteiger partial charge on any atom is 0.270 e. The molecule has 0 aliphatic rings. The van der Waals surface area contributed by atoms with Gasteiger partial charge >= 0.3 is 0 Å². The Morgan fingerprint density at radius 1 is 1.17 bits per heavy atom. The summed E-state index contributed by atoms with van der Waals surface area (Å²) < 4.78 is 0. The average molecular weight is 349 g/mol. The maximum absolute atomic E-state index is 11.0. The SMILES string of the molecule is CN(C)CCC(=NNc1ccccc1)c1cccc([N+](=O)[O-])c1.Cl. The predicted molar refractivity (Wildman–Crippen MR) is 100 cm³/mol. The highest BCUT2D eigenvalue weighted by Gasteiger charge is 2.11. The topological polar surface area (TPSA) is 70.8 Å². The van der Waals surface area contributed by atoms with E-state index in [2.05, 4.69) is 15.4 Å². The molecule has 0 spiro atoms. The lowest BCUT2D eigenvalue weighted by molar-refractivity contribution is -0.384. The number of nitro groups is 1. The van der Waals surface area contributed by atoms with Gasteiger partial charge in [-0.25, -0.2) is 0 Å². The van der Waals surface area contributed by atoms with E-state index in [4.69, 9.17) is 0 Å². The number of benzene rings is 2. The van der Waals surface area contributed by atoms with E-state index in [-0.39, 0.29) is 18.1 Å². The molecule has 2 rings (SSSR count). The number of nitro benzene ring substituents is 1. The molecule has 1 N–H and O–H groups in total. The van der Waals surface area contributed by atoms with E-state index >= 15 is 0 Å². The Bertz CT molecular complexity index is 690. The zero-order valence-corrected chi connectivity index (χ0v) is 14.5. The number of nitrogens with zero attached hydrogens (tertiary/aromatic N) is 3. The Hall–Kier alpha value is -2.44. The normalized spacial score (nSPS) is 11.0. The molecule has 0 saturated carbocycles. The van der Waals surface area contributed by atoms with Gasteiger partial charge in [-0.2, -0.15) is 5.10 Å². The summed E-state index contributed by atoms with van der Waals surface area (Å²) in [7, 11) is 3.96. The molecule has 0 unspecified atom stereocenters. The van der Waals surface area contributed by atoms with Crippen molar-refractivity contribution >= 4 is 29.5 Å². The first kappa shape index (κ1) is 19.6. The third kappa shape index (κ3) is 5.98. The molecule has 128 valence electrons. The van der Waals surface area contributed by atoms with Gasteiger partial charge < -0.3 is 4.90 Å². The number of hydrazone groups is 1. The van der Waals surface area contributed by atoms with Crippen molar-refractivity contribution in [3.8, 4) is 0 Å². The molecule has 0 bridgehead atoms. The fourth-order valence-electron chi connectivity index (χ4n) is 2.04. The quantitative estimate of drug-likeness (QED) is 0.469. The Morgan fingerprint density at radius 3 is 2.50 bits per heavy atom. The monoisotopic (exact) mass is 348 g/mol. The molecule has 0 aliphatic carbocycles. The fourth-order valence-corrected chi connectivity index (χ4v) is 2.04. The van der Waals surface area contributed by atoms with Gasteiger partial charge in [0, 0.05) is 30.7 Å². The van der Waals surface area contributed by atoms with E-state index in [1.165, 1.54) is 6.07 Å². The number of anilines is 1. The minimum Gasteiger partial charge on any atom is -0.309 e. The zero-order valence-electron chi connectivity index (χ0n) is 13.7. The number of para-hydroxylation sites is 1. The first-order chi connectivity index (χ1) is 11.1. The molecule has 0 aromatic heterocycles. The Balaban J connectivity index is 0.00000288. The van der Waals surface area contributed by atoms with Crippen LogP contribution < -0.4 is 5.43 Å². The molecule has 2 aromatic carbocycles. The summed E-state index contributed by atoms with van der Waals surface area (Å²) in [5.41, 5.74) is 5.50. The van der Waals surface area contributed by atoms with Crippen molar-refractivity contribution in [3.05, 3.63) is 70.3 Å². The van der Waals surface area contributed by atoms with E-state index < -0.39 is 4.92 Å². The van der Waals surface area contributed by atoms with Gasteiger partial charge in [0.25, 0.3) is 5.69 Å². The number of rotatable bonds is 7. The van der Waals surface area contributed by atoms with Crippen LogP contribution in [-0.2, 0) is 0 Å². The van der Waals surface area contributed by atoms with Crippen molar-refractivity contribution in [3.63, 3.8) is 0 Å². The molecular weight excluding hydrogens is 328 g/mol. The van der Waals surface area contributed by atoms with Gasteiger partial charge in [0.2, 0.25) is 0 Å². The molecule has 6 nitrogen and oxygen atoms in total. The molecule has 0 atom stereocenters. The van der Waals surface area contributed by atoms with Gasteiger partial charge in [0.1, 0.15) is 0 Å². The summed E-state index contributed by atoms with van der Waals surface area (Å²) in [6.45, 7) is 0.804. The largest absolute Gasteiger partial charge is 0.309 e. The highest BCUT2D eigenvalue weighted by atomic mass is 35.5. The van der Waals surface area contributed by atoms with Crippen LogP contribution in [0.1, 0.15) is 12.0 Å². The number of hydrogen-bond acceptors (Lipinski definition) is 5. The molecule has 2 aromatic rings. The Labute approximate surface area is 147 Å². The van der Waals surface area contributed by atoms with Crippen molar-refractivity contribution in [2.24, 2.45) is 5.10 Å². The van der Waals surface area contributed by atoms with Gasteiger partial charge in [-0.3, -0.25) is 15.5 Å². The van der Waals surface area contributed by atoms with Crippen LogP contribution in [0.5, 0.6) is 0 Å². The number of halogens is 1. The molecule has 24 heavy (non-hydrogen) atoms. The second kappa shape index (κ2) is 9.64. The molecule has 0 amide bonds. The minimum absolute atomic E-state index is 0. The summed E-state index contributed by atoms with van der Waals surface area (Å²) in [6.07, 6.45) is 0.688. The smallest absolute Gasteiger partial charge is 0.270 e. The van der Waals surface area contributed by atoms with Crippen molar-refractivity contribution in [2.75, 3.05) is 26.1 Å². The van der Waals surface area contributed by atoms with Crippen LogP contribution in [-0.4, -0.2) is 36.2 Å². The van der Waals surface area contributed by atoms with Crippen LogP contribution in [0.2, 0.25) is 0 Å². The lowest BCUT2D eigenvalue weighted by Gasteiger charge is -2.12. The van der Waals surface area contributed by atoms with Gasteiger partial charge in [0.15, 0.2) is 0 Å². The Kier molecular flexibility index (Phi) is 7.88. The summed E-state index contributed by atoms with van der Waals surface area (Å²) >= 11 is 0. The average Bonchev–Trinajstić information content (AvgIpc) is 2.55. The van der Waals surface area contributed by atoms with Gasteiger partial charge in [0.05, 0.1) is 16.3 Å². The molecule has 0 heterocycles. The maximum atomic E-state index is 11.0. The van der Waals surface area contributed by atoms with Gasteiger partial charge in [-0.05, 0) is 26.2 Å². The van der Waals surface area contributed by atoms with Gasteiger partial charge in [-0.1, -0.05) is 30.3 Å². The van der Waals surface area contributed by atoms with Crippen molar-refractivity contribution in [2.45, 2.75) is 6.42 Å². The number of hydrogen-bond donors (Lipinski definition) is 1. The lowest BCUT2D eigenvalue weighted by atomic mass is 10.1. The van der Waals surface area contributed by atoms with E-state index in [1.807, 2.05) is 50.5 Å². The third-order valence-corrected chi connectivity index (χ3v) is 3.28. The number of nitrogens with one attached hydrogen (secondary N) is 1. The summed E-state index contributed by atoms with van der Waals surface area (Å²) in [4.78, 5) is 12.6. The van der Waals surface area contributed by atoms with Crippen LogP contribution in [0.4, 0.5) is 11.4 Å². The summed E-state index contributed by atoms with van der Waals surface area (Å²) in [5, 5.41) is 15.4. The molecule has 0 aliphatic heterocycles. The minimum atomic E-state index is -0.391. The van der Waals surface area contributed by atoms with Crippen LogP contribution in [0.3, 0.4) is 0 Å². The first-order valence-corrected chi connectivity index (χ1v) is 7.33. The fraction of sp³-hybridized carbons (Fsp3) is 0.235. The van der Waals surface area contributed by atoms with E-state index in [0.29, 0.717) is 6.42 Å². The lowest BCUT2D eigenvalue weighted by Crippen LogP contribution is -2.18. The second-order valence-electron chi connectivity index (χ2n) is 5.40. The summed E-state index contributed by atoms with van der Waals surface area (Å²) in [6, 6.07) is 16.2. The summed E-state index contributed by atoms with van der Waals surface area (Å²) in [5.74, 6) is 0. The molecule has 7 heteroatoms. The third-order valence-electron chi connectivity index (χ3n) is 3.28. The predicted octanol–water partition coefficient (Wildman–Crippen LogP) is 3.78. The Morgan fingerprint density at radius 2 is 1.88 bits per heavy atom. The molecular formula is C17H21ClN4O2. The van der Waals surface area contributed by atoms with Crippen molar-refractivity contribution in [1.29, 1.82) is 0 Å². The zero-order chi connectivity index (χ0) is 16.7. The number of non-ortho nitro benzene ring substituents is 1. The standard InChI is InChI=1S/C17H20N4O2.ClH/c1-20(2)12-11-17(19-18-15-8-4-3-5-9-15)14-7-6-10-16(13-14)21(22)23;/h3-10,13,18H,11-12H2,1-2H3;1H. The van der Waals surface area contributed by atoms with Crippen molar-refractivity contribution < 1.29 is 4.92 Å².